The number of pyridine rings is 4. The molecule has 4 N–H and O–H groups in total. The number of fused-ring (bicyclic) bond motifs is 10. The average Bonchev–Trinajstić information content (AvgIpc) is 0.828. The third-order valence-corrected chi connectivity index (χ3v) is 24.7. The number of rotatable bonds is 8. The first-order valence-electron chi connectivity index (χ1n) is 44.1. The molecule has 21 heteroatoms. The summed E-state index contributed by atoms with van der Waals surface area (Å²) in [5.74, 6) is 1.95. The number of phenols is 4. The topological polar surface area (TPSA) is 258 Å². The van der Waals surface area contributed by atoms with Crippen molar-refractivity contribution >= 4 is 152 Å². The van der Waals surface area contributed by atoms with E-state index in [0.29, 0.717) is 38.8 Å². The Bertz CT molecular complexity index is 8030. The van der Waals surface area contributed by atoms with E-state index in [1.54, 1.807) is 139 Å². The molecule has 0 atom stereocenters. The standard InChI is InChI=1S/C43H28N2.C14H13NO.2C13H9NOS.4C9H7NO.Be.Li.Zr/c1-2-14-34(15-3-1)45-40-21-11-10-20-39(40)44-43(45)31-25-23-30(24-26-31)41-35-16-6-8-18-37(35)42(38-19-9-7-17-36(38)41)33-27-22-29-12-4-5-13-32(29)28-33;1-11-6-8-13(9-7-11)15-10-12-4-2-3-5-14(12)16;2*15-11-7-3-1-5-9(11)13-14-10-6-2-4-8-12(10)16-13;4*11-8-5-1-3-7-4-2-6-10-9(7)8;;;/h1-28H;2-10,16H,1H3;2*1-8,15H;4*1-6,11H;;;/q;;;;;;;;+2;+1;/p-3. The molecule has 0 aliphatic rings. The Labute approximate surface area is 850 Å². The molecule has 25 rings (SSSR count). The van der Waals surface area contributed by atoms with E-state index in [4.69, 9.17) is 4.98 Å². The molecule has 7 heterocycles. The number of aliphatic imine (C=N–C) groups is 1. The van der Waals surface area contributed by atoms with Crippen molar-refractivity contribution in [1.82, 2.24) is 39.5 Å². The van der Waals surface area contributed by atoms with Crippen molar-refractivity contribution < 1.29 is 80.8 Å². The molecule has 7 aromatic heterocycles. The van der Waals surface area contributed by atoms with Gasteiger partial charge < -0.3 is 35.7 Å². The zero-order chi connectivity index (χ0) is 93.8. The summed E-state index contributed by atoms with van der Waals surface area (Å²) in [5, 5.41) is 85.0. The Morgan fingerprint density at radius 3 is 1.11 bits per heavy atom. The first-order valence-corrected chi connectivity index (χ1v) is 45.7. The fourth-order valence-electron chi connectivity index (χ4n) is 15.9. The number of thiazole rings is 2. The second-order valence-corrected chi connectivity index (χ2v) is 33.6. The van der Waals surface area contributed by atoms with Crippen LogP contribution in [-0.4, -0.2) is 76.2 Å². The number of aromatic nitrogens is 8. The second kappa shape index (κ2) is 46.9. The van der Waals surface area contributed by atoms with Crippen LogP contribution in [0.15, 0.2) is 467 Å². The molecule has 0 amide bonds. The fraction of sp³-hybridized carbons (Fsp3) is 0.00840. The minimum Gasteiger partial charge on any atom is -0.872 e. The van der Waals surface area contributed by atoms with E-state index < -0.39 is 0 Å². The Balaban J connectivity index is 0.000000131. The third-order valence-electron chi connectivity index (χ3n) is 22.6. The number of aryl methyl sites for hydroxylation is 1. The van der Waals surface area contributed by atoms with E-state index in [-0.39, 0.29) is 95.4 Å². The van der Waals surface area contributed by atoms with Crippen LogP contribution in [0, 0.1) is 6.92 Å². The first kappa shape index (κ1) is 98.1. The predicted molar refractivity (Wildman–Crippen MR) is 563 cm³/mol. The van der Waals surface area contributed by atoms with Crippen molar-refractivity contribution in [1.29, 1.82) is 0 Å². The number of phenolic OH excluding ortho intramolecular Hbond substituents is 4. The van der Waals surface area contributed by atoms with E-state index in [1.165, 1.54) is 66.2 Å². The van der Waals surface area contributed by atoms with Crippen LogP contribution in [0.1, 0.15) is 11.1 Å². The SMILES string of the molecule is Cc1ccc(N=Cc2ccccc2[O-])cc1.Oc1cccc2cccnc12.Oc1cccc2cccnc12.Oc1cccc2cccnc12.Oc1cccc2cccnc12.[Be+2].[Li+].[O-]c1ccccc1-c1nc2ccccc2s1.[O-]c1ccccc1-c1nc2ccccc2s1.[Zr].c1ccc(-n2c(-c3ccc(-c4c5ccccc5c(-c5ccc6ccccc6c5)c5ccccc45)cc3)nc3ccccc32)cc1. The van der Waals surface area contributed by atoms with Crippen LogP contribution >= 0.6 is 22.7 Å². The normalized spacial score (nSPS) is 10.6. The summed E-state index contributed by atoms with van der Waals surface area (Å²) < 4.78 is 4.48. The van der Waals surface area contributed by atoms with Gasteiger partial charge in [-0.2, -0.15) is 0 Å². The Morgan fingerprint density at radius 1 is 0.307 bits per heavy atom. The third kappa shape index (κ3) is 23.1. The molecule has 25 aromatic rings. The zero-order valence-electron chi connectivity index (χ0n) is 76.0. The van der Waals surface area contributed by atoms with Gasteiger partial charge in [0.05, 0.1) is 37.2 Å². The molecule has 0 spiro atoms. The van der Waals surface area contributed by atoms with Crippen molar-refractivity contribution in [2.24, 2.45) is 4.99 Å². The van der Waals surface area contributed by atoms with Gasteiger partial charge >= 0.3 is 29.0 Å². The summed E-state index contributed by atoms with van der Waals surface area (Å²) in [5.41, 5.74) is 17.8. The van der Waals surface area contributed by atoms with Gasteiger partial charge in [-0.1, -0.05) is 339 Å². The quantitative estimate of drug-likeness (QED) is 0.0627. The molecule has 16 nitrogen and oxygen atoms in total. The Morgan fingerprint density at radius 2 is 0.664 bits per heavy atom. The molecular weight excluding hydrogens is 1840 g/mol. The number of aromatic hydroxyl groups is 4. The van der Waals surface area contributed by atoms with Gasteiger partial charge in [0.2, 0.25) is 0 Å². The van der Waals surface area contributed by atoms with Crippen LogP contribution < -0.4 is 34.2 Å². The van der Waals surface area contributed by atoms with Crippen LogP contribution in [0.4, 0.5) is 5.69 Å². The number of nitrogens with zero attached hydrogens (tertiary/aromatic N) is 9. The molecule has 666 valence electrons. The predicted octanol–water partition coefficient (Wildman–Crippen LogP) is 24.8. The van der Waals surface area contributed by atoms with E-state index in [9.17, 15) is 35.7 Å². The summed E-state index contributed by atoms with van der Waals surface area (Å²) in [4.78, 5) is 34.4. The molecule has 0 aliphatic heterocycles. The van der Waals surface area contributed by atoms with Crippen molar-refractivity contribution in [3.05, 3.63) is 473 Å². The van der Waals surface area contributed by atoms with Crippen molar-refractivity contribution in [2.75, 3.05) is 0 Å². The van der Waals surface area contributed by atoms with Crippen LogP contribution in [0.5, 0.6) is 40.2 Å². The summed E-state index contributed by atoms with van der Waals surface area (Å²) >= 11 is 3.11. The first-order chi connectivity index (χ1) is 67.3. The molecule has 0 aliphatic carbocycles. The van der Waals surface area contributed by atoms with Crippen LogP contribution in [0.3, 0.4) is 0 Å². The number of imidazole rings is 1. The number of benzene rings is 18. The number of hydrogen-bond acceptors (Lipinski definition) is 17. The van der Waals surface area contributed by atoms with Crippen LogP contribution in [0.25, 0.3) is 168 Å². The number of hydrogen-bond donors (Lipinski definition) is 4. The summed E-state index contributed by atoms with van der Waals surface area (Å²) in [6.07, 6.45) is 8.28. The maximum absolute atomic E-state index is 11.7. The van der Waals surface area contributed by atoms with E-state index in [2.05, 4.69) is 209 Å². The molecule has 0 fully saturated rings. The van der Waals surface area contributed by atoms with Gasteiger partial charge in [-0.05, 0) is 182 Å². The average molecular weight is 1920 g/mol. The summed E-state index contributed by atoms with van der Waals surface area (Å²) in [6.45, 7) is 2.03. The van der Waals surface area contributed by atoms with Crippen molar-refractivity contribution in [2.45, 2.75) is 6.92 Å². The van der Waals surface area contributed by atoms with Gasteiger partial charge in [-0.25, -0.2) is 15.0 Å². The number of para-hydroxylation sites is 12. The van der Waals surface area contributed by atoms with Crippen LogP contribution in [0.2, 0.25) is 0 Å². The van der Waals surface area contributed by atoms with E-state index >= 15 is 0 Å². The van der Waals surface area contributed by atoms with Gasteiger partial charge in [0, 0.05) is 101 Å². The second-order valence-electron chi connectivity index (χ2n) is 31.6. The smallest absolute Gasteiger partial charge is 0.872 e. The maximum Gasteiger partial charge on any atom is 2.00 e. The molecular formula is C119H84BeLiN9O7S2Zr. The molecule has 0 radical (unpaired) electrons. The van der Waals surface area contributed by atoms with E-state index in [1.807, 2.05) is 183 Å². The van der Waals surface area contributed by atoms with Gasteiger partial charge in [0.15, 0.2) is 0 Å². The maximum atomic E-state index is 11.7. The largest absolute Gasteiger partial charge is 2.00 e. The van der Waals surface area contributed by atoms with Crippen molar-refractivity contribution in [3.8, 4) is 101 Å². The molecule has 0 saturated carbocycles. The van der Waals surface area contributed by atoms with Gasteiger partial charge in [0.1, 0.15) is 60.9 Å². The summed E-state index contributed by atoms with van der Waals surface area (Å²) in [7, 11) is 0. The Hall–Kier alpha value is -16.5. The zero-order valence-corrected chi connectivity index (χ0v) is 80.1. The minimum absolute atomic E-state index is 0. The van der Waals surface area contributed by atoms with Crippen molar-refractivity contribution in [3.63, 3.8) is 0 Å². The molecule has 0 unspecified atom stereocenters. The van der Waals surface area contributed by atoms with Gasteiger partial charge in [-0.3, -0.25) is 29.5 Å². The molecule has 140 heavy (non-hydrogen) atoms. The summed E-state index contributed by atoms with van der Waals surface area (Å²) in [6, 6.07) is 142. The van der Waals surface area contributed by atoms with Gasteiger partial charge in [-0.15, -0.1) is 28.4 Å². The molecule has 0 saturated heterocycles. The monoisotopic (exact) mass is 1920 g/mol. The minimum atomic E-state index is -0.00152. The molecule has 18 aromatic carbocycles. The fourth-order valence-corrected chi connectivity index (χ4v) is 17.9. The molecule has 0 bridgehead atoms. The van der Waals surface area contributed by atoms with Crippen LogP contribution in [-0.2, 0) is 26.2 Å². The van der Waals surface area contributed by atoms with E-state index in [0.717, 1.165) is 85.8 Å². The van der Waals surface area contributed by atoms with Gasteiger partial charge in [0.25, 0.3) is 0 Å². The Kier molecular flexibility index (Phi) is 32.8.